The molecule has 2 aromatic rings. The van der Waals surface area contributed by atoms with Crippen LogP contribution in [0.2, 0.25) is 0 Å². The van der Waals surface area contributed by atoms with Crippen LogP contribution in [0.3, 0.4) is 0 Å². The van der Waals surface area contributed by atoms with Crippen LogP contribution < -0.4 is 5.32 Å². The van der Waals surface area contributed by atoms with Crippen molar-refractivity contribution < 1.29 is 9.34 Å². The van der Waals surface area contributed by atoms with Crippen LogP contribution in [0.15, 0.2) is 39.4 Å². The van der Waals surface area contributed by atoms with Crippen LogP contribution in [0.4, 0.5) is 11.4 Å². The summed E-state index contributed by atoms with van der Waals surface area (Å²) >= 11 is 3.43. The second kappa shape index (κ2) is 5.28. The van der Waals surface area contributed by atoms with Gasteiger partial charge in [0.15, 0.2) is 0 Å². The Labute approximate surface area is 124 Å². The third kappa shape index (κ3) is 2.43. The molecule has 1 atom stereocenters. The van der Waals surface area contributed by atoms with Gasteiger partial charge in [0.05, 0.1) is 22.9 Å². The van der Waals surface area contributed by atoms with Crippen molar-refractivity contribution in [1.29, 1.82) is 0 Å². The van der Waals surface area contributed by atoms with Gasteiger partial charge in [-0.1, -0.05) is 0 Å². The van der Waals surface area contributed by atoms with Gasteiger partial charge < -0.3 is 9.73 Å². The smallest absolute Gasteiger partial charge is 0.271 e. The Hall–Kier alpha value is -1.82. The highest BCUT2D eigenvalue weighted by atomic mass is 79.9. The largest absolute Gasteiger partial charge is 0.469 e. The van der Waals surface area contributed by atoms with E-state index in [1.54, 1.807) is 18.4 Å². The third-order valence-corrected chi connectivity index (χ3v) is 4.23. The minimum Gasteiger partial charge on any atom is -0.469 e. The SMILES string of the molecule is O=[N+]([O-])c1ccc(Br)c(NC2CCCc3occc32)c1. The van der Waals surface area contributed by atoms with Gasteiger partial charge in [-0.2, -0.15) is 0 Å². The average Bonchev–Trinajstić information content (AvgIpc) is 2.90. The molecule has 0 aliphatic heterocycles. The maximum Gasteiger partial charge on any atom is 0.271 e. The van der Waals surface area contributed by atoms with Crippen LogP contribution in [0.25, 0.3) is 0 Å². The average molecular weight is 337 g/mol. The number of rotatable bonds is 3. The lowest BCUT2D eigenvalue weighted by atomic mass is 9.93. The Bertz CT molecular complexity index is 654. The number of furan rings is 1. The number of non-ortho nitro benzene ring substituents is 1. The summed E-state index contributed by atoms with van der Waals surface area (Å²) in [5.74, 6) is 1.01. The Balaban J connectivity index is 1.89. The van der Waals surface area contributed by atoms with E-state index in [4.69, 9.17) is 4.42 Å². The highest BCUT2D eigenvalue weighted by Gasteiger charge is 2.23. The molecular weight excluding hydrogens is 324 g/mol. The molecule has 5 nitrogen and oxygen atoms in total. The Kier molecular flexibility index (Phi) is 3.48. The number of hydrogen-bond donors (Lipinski definition) is 1. The van der Waals surface area contributed by atoms with Crippen LogP contribution in [0.1, 0.15) is 30.2 Å². The number of nitrogens with zero attached hydrogens (tertiary/aromatic N) is 1. The van der Waals surface area contributed by atoms with Gasteiger partial charge in [-0.05, 0) is 40.9 Å². The standard InChI is InChI=1S/C14H13BrN2O3/c15-11-5-4-9(17(18)19)8-13(11)16-12-2-1-3-14-10(12)6-7-20-14/h4-8,12,16H,1-3H2. The minimum absolute atomic E-state index is 0.0823. The number of nitrogens with one attached hydrogen (secondary N) is 1. The Morgan fingerprint density at radius 3 is 3.05 bits per heavy atom. The fraction of sp³-hybridized carbons (Fsp3) is 0.286. The van der Waals surface area contributed by atoms with Gasteiger partial charge in [0.2, 0.25) is 0 Å². The molecule has 0 amide bonds. The van der Waals surface area contributed by atoms with Gasteiger partial charge in [0, 0.05) is 28.6 Å². The first-order valence-corrected chi connectivity index (χ1v) is 7.21. The van der Waals surface area contributed by atoms with Crippen LogP contribution in [0, 0.1) is 10.1 Å². The number of benzene rings is 1. The molecule has 1 N–H and O–H groups in total. The van der Waals surface area contributed by atoms with E-state index in [0.29, 0.717) is 0 Å². The molecule has 1 aliphatic rings. The van der Waals surface area contributed by atoms with Gasteiger partial charge in [-0.25, -0.2) is 0 Å². The quantitative estimate of drug-likeness (QED) is 0.664. The summed E-state index contributed by atoms with van der Waals surface area (Å²) in [4.78, 5) is 10.5. The summed E-state index contributed by atoms with van der Waals surface area (Å²) in [6, 6.07) is 6.84. The number of nitro groups is 1. The Morgan fingerprint density at radius 1 is 1.40 bits per heavy atom. The second-order valence-corrected chi connectivity index (χ2v) is 5.66. The summed E-state index contributed by atoms with van der Waals surface area (Å²) in [6.45, 7) is 0. The second-order valence-electron chi connectivity index (χ2n) is 4.81. The number of hydrogen-bond acceptors (Lipinski definition) is 4. The predicted octanol–water partition coefficient (Wildman–Crippen LogP) is 4.44. The minimum atomic E-state index is -0.387. The van der Waals surface area contributed by atoms with E-state index in [2.05, 4.69) is 21.2 Å². The van der Waals surface area contributed by atoms with Crippen molar-refractivity contribution in [2.75, 3.05) is 5.32 Å². The van der Waals surface area contributed by atoms with Crippen molar-refractivity contribution in [3.8, 4) is 0 Å². The molecule has 104 valence electrons. The Morgan fingerprint density at radius 2 is 2.25 bits per heavy atom. The number of anilines is 1. The van der Waals surface area contributed by atoms with Crippen molar-refractivity contribution in [2.45, 2.75) is 25.3 Å². The molecule has 0 fully saturated rings. The summed E-state index contributed by atoms with van der Waals surface area (Å²) in [6.07, 6.45) is 4.69. The van der Waals surface area contributed by atoms with Crippen LogP contribution in [-0.2, 0) is 6.42 Å². The molecule has 20 heavy (non-hydrogen) atoms. The lowest BCUT2D eigenvalue weighted by Crippen LogP contribution is -2.16. The molecule has 0 saturated heterocycles. The molecular formula is C14H13BrN2O3. The molecule has 1 unspecified atom stereocenters. The first kappa shape index (κ1) is 13.2. The van der Waals surface area contributed by atoms with Crippen molar-refractivity contribution in [2.24, 2.45) is 0 Å². The van der Waals surface area contributed by atoms with E-state index >= 15 is 0 Å². The molecule has 1 heterocycles. The number of aryl methyl sites for hydroxylation is 1. The van der Waals surface area contributed by atoms with Crippen molar-refractivity contribution in [3.63, 3.8) is 0 Å². The van der Waals surface area contributed by atoms with E-state index < -0.39 is 0 Å². The van der Waals surface area contributed by atoms with Gasteiger partial charge >= 0.3 is 0 Å². The zero-order chi connectivity index (χ0) is 14.1. The topological polar surface area (TPSA) is 68.3 Å². The lowest BCUT2D eigenvalue weighted by molar-refractivity contribution is -0.384. The number of halogens is 1. The normalized spacial score (nSPS) is 17.6. The molecule has 0 bridgehead atoms. The molecule has 6 heteroatoms. The summed E-state index contributed by atoms with van der Waals surface area (Å²) in [7, 11) is 0. The van der Waals surface area contributed by atoms with E-state index in [1.165, 1.54) is 6.07 Å². The maximum absolute atomic E-state index is 10.9. The molecule has 0 saturated carbocycles. The summed E-state index contributed by atoms with van der Waals surface area (Å²) < 4.78 is 6.27. The lowest BCUT2D eigenvalue weighted by Gasteiger charge is -2.24. The van der Waals surface area contributed by atoms with Crippen LogP contribution in [-0.4, -0.2) is 4.92 Å². The molecule has 1 aromatic heterocycles. The maximum atomic E-state index is 10.9. The zero-order valence-electron chi connectivity index (χ0n) is 10.6. The highest BCUT2D eigenvalue weighted by molar-refractivity contribution is 9.10. The molecule has 0 radical (unpaired) electrons. The van der Waals surface area contributed by atoms with Crippen LogP contribution in [0.5, 0.6) is 0 Å². The van der Waals surface area contributed by atoms with Crippen molar-refractivity contribution >= 4 is 27.3 Å². The van der Waals surface area contributed by atoms with Gasteiger partial charge in [-0.3, -0.25) is 10.1 Å². The van der Waals surface area contributed by atoms with Gasteiger partial charge in [-0.15, -0.1) is 0 Å². The number of fused-ring (bicyclic) bond motifs is 1. The fourth-order valence-electron chi connectivity index (χ4n) is 2.56. The molecule has 1 aliphatic carbocycles. The van der Waals surface area contributed by atoms with Gasteiger partial charge in [0.1, 0.15) is 5.76 Å². The first-order valence-electron chi connectivity index (χ1n) is 6.42. The van der Waals surface area contributed by atoms with Crippen molar-refractivity contribution in [3.05, 3.63) is 56.4 Å². The van der Waals surface area contributed by atoms with E-state index in [1.807, 2.05) is 6.07 Å². The van der Waals surface area contributed by atoms with E-state index in [0.717, 1.165) is 40.7 Å². The molecule has 0 spiro atoms. The summed E-state index contributed by atoms with van der Waals surface area (Å²) in [5.41, 5.74) is 1.96. The van der Waals surface area contributed by atoms with Crippen LogP contribution >= 0.6 is 15.9 Å². The zero-order valence-corrected chi connectivity index (χ0v) is 12.2. The van der Waals surface area contributed by atoms with E-state index in [9.17, 15) is 10.1 Å². The molecule has 3 rings (SSSR count). The number of nitro benzene ring substituents is 1. The molecule has 1 aromatic carbocycles. The fourth-order valence-corrected chi connectivity index (χ4v) is 2.92. The predicted molar refractivity (Wildman–Crippen MR) is 78.8 cm³/mol. The van der Waals surface area contributed by atoms with Crippen molar-refractivity contribution in [1.82, 2.24) is 0 Å². The first-order chi connectivity index (χ1) is 9.65. The summed E-state index contributed by atoms with van der Waals surface area (Å²) in [5, 5.41) is 14.2. The van der Waals surface area contributed by atoms with E-state index in [-0.39, 0.29) is 16.7 Å². The third-order valence-electron chi connectivity index (χ3n) is 3.54. The monoisotopic (exact) mass is 336 g/mol. The van der Waals surface area contributed by atoms with Gasteiger partial charge in [0.25, 0.3) is 5.69 Å². The highest BCUT2D eigenvalue weighted by Crippen LogP contribution is 2.36.